The van der Waals surface area contributed by atoms with Crippen molar-refractivity contribution in [2.45, 2.75) is 0 Å². The third kappa shape index (κ3) is 10.9. The van der Waals surface area contributed by atoms with Gasteiger partial charge in [0.15, 0.2) is 0 Å². The van der Waals surface area contributed by atoms with Gasteiger partial charge in [-0.1, -0.05) is 285 Å². The van der Waals surface area contributed by atoms with Gasteiger partial charge in [-0.05, 0) is 185 Å². The van der Waals surface area contributed by atoms with Crippen LogP contribution < -0.4 is 10.2 Å². The van der Waals surface area contributed by atoms with E-state index < -0.39 is 0 Å². The molecule has 3 aromatic heterocycles. The zero-order chi connectivity index (χ0) is 69.3. The molecule has 0 aliphatic rings. The first kappa shape index (κ1) is 60.9. The first-order valence-electron chi connectivity index (χ1n) is 35.8. The molecule has 0 saturated heterocycles. The molecule has 5 nitrogen and oxygen atoms in total. The Morgan fingerprint density at radius 2 is 0.552 bits per heavy atom. The van der Waals surface area contributed by atoms with Gasteiger partial charge in [0.25, 0.3) is 0 Å². The van der Waals surface area contributed by atoms with E-state index in [0.717, 1.165) is 106 Å². The van der Waals surface area contributed by atoms with E-state index in [9.17, 15) is 0 Å². The lowest BCUT2D eigenvalue weighted by Gasteiger charge is -2.26. The van der Waals surface area contributed by atoms with Crippen molar-refractivity contribution in [3.8, 4) is 61.3 Å². The fraction of sp³-hybridized carbons (Fsp3) is 0. The molecule has 0 spiro atoms. The number of hydrogen-bond donors (Lipinski definition) is 1. The van der Waals surface area contributed by atoms with Crippen molar-refractivity contribution in [2.75, 3.05) is 10.2 Å². The van der Waals surface area contributed by atoms with Gasteiger partial charge < -0.3 is 23.6 Å². The molecule has 0 bridgehead atoms. The van der Waals surface area contributed by atoms with Crippen molar-refractivity contribution in [3.05, 3.63) is 388 Å². The largest absolute Gasteiger partial charge is 0.455 e. The summed E-state index contributed by atoms with van der Waals surface area (Å²) >= 11 is 0. The molecule has 5 heteroatoms. The average Bonchev–Trinajstić information content (AvgIpc) is 1.64. The highest BCUT2D eigenvalue weighted by atomic mass is 16.3. The second-order valence-corrected chi connectivity index (χ2v) is 27.1. The number of nitrogens with zero attached hydrogens (tertiary/aromatic N) is 2. The molecule has 492 valence electrons. The van der Waals surface area contributed by atoms with Gasteiger partial charge in [0, 0.05) is 77.4 Å². The molecule has 0 radical (unpaired) electrons. The molecule has 0 aliphatic heterocycles. The highest BCUT2D eigenvalue weighted by Gasteiger charge is 2.20. The summed E-state index contributed by atoms with van der Waals surface area (Å²) in [6, 6.07) is 139. The van der Waals surface area contributed by atoms with Gasteiger partial charge in [0.05, 0.1) is 16.7 Å². The Kier molecular flexibility index (Phi) is 14.8. The highest BCUT2D eigenvalue weighted by molar-refractivity contribution is 6.14. The molecule has 0 saturated carbocycles. The summed E-state index contributed by atoms with van der Waals surface area (Å²) < 4.78 is 15.1. The molecule has 0 unspecified atom stereocenters. The Balaban J connectivity index is 0.000000156. The van der Waals surface area contributed by atoms with Crippen molar-refractivity contribution in [1.82, 2.24) is 4.57 Å². The number of fused-ring (bicyclic) bond motifs is 15. The maximum Gasteiger partial charge on any atom is 0.143 e. The normalized spacial score (nSPS) is 11.6. The highest BCUT2D eigenvalue weighted by Crippen LogP contribution is 2.44. The molecule has 18 aromatic carbocycles. The lowest BCUT2D eigenvalue weighted by molar-refractivity contribution is 0.669. The maximum absolute atomic E-state index is 6.45. The topological polar surface area (TPSA) is 46.5 Å². The number of hydrogen-bond acceptors (Lipinski definition) is 4. The lowest BCUT2D eigenvalue weighted by atomic mass is 9.97. The zero-order valence-corrected chi connectivity index (χ0v) is 57.2. The number of benzene rings is 18. The predicted molar refractivity (Wildman–Crippen MR) is 443 cm³/mol. The third-order valence-electron chi connectivity index (χ3n) is 21.1. The summed E-state index contributed by atoms with van der Waals surface area (Å²) in [7, 11) is 0. The van der Waals surface area contributed by atoms with Crippen molar-refractivity contribution >= 4 is 137 Å². The number of nitrogens with one attached hydrogen (secondary N) is 1. The summed E-state index contributed by atoms with van der Waals surface area (Å²) in [5.74, 6) is 0. The van der Waals surface area contributed by atoms with Crippen LogP contribution in [0.1, 0.15) is 0 Å². The minimum Gasteiger partial charge on any atom is -0.455 e. The predicted octanol–water partition coefficient (Wildman–Crippen LogP) is 28.4. The SMILES string of the molecule is c1ccc(-n2c3ccccc3c3ccccc32)c(-c2ccc(N(c3ccc(-c4ccc5c(ccc6ccccc65)c4)cc3)c3ccc(-c4cccc5c4oc4ccccc45)cc3)cc2)c1.c1ccc2c(c1)ccc1cc(-c3ccc(Nc4ccc(-c5cccc6c5oc5ccccc56)cc4)cc3)ccc12. The smallest absolute Gasteiger partial charge is 0.143 e. The number of furan rings is 2. The maximum atomic E-state index is 6.45. The quantitative estimate of drug-likeness (QED) is 0.131. The number of para-hydroxylation sites is 7. The molecule has 0 aliphatic carbocycles. The van der Waals surface area contributed by atoms with E-state index in [1.165, 1.54) is 92.7 Å². The Morgan fingerprint density at radius 1 is 0.219 bits per heavy atom. The number of aromatic nitrogens is 1. The van der Waals surface area contributed by atoms with E-state index in [-0.39, 0.29) is 0 Å². The van der Waals surface area contributed by atoms with Crippen molar-refractivity contribution in [3.63, 3.8) is 0 Å². The Hall–Kier alpha value is -14.0. The lowest BCUT2D eigenvalue weighted by Crippen LogP contribution is -2.09. The van der Waals surface area contributed by atoms with Crippen LogP contribution in [0.15, 0.2) is 397 Å². The van der Waals surface area contributed by atoms with Crippen LogP contribution in [-0.2, 0) is 0 Å². The van der Waals surface area contributed by atoms with Crippen LogP contribution in [0.3, 0.4) is 0 Å². The molecule has 0 amide bonds. The molecule has 21 rings (SSSR count). The summed E-state index contributed by atoms with van der Waals surface area (Å²) in [5.41, 5.74) is 24.1. The molecule has 0 atom stereocenters. The molecule has 1 N–H and O–H groups in total. The van der Waals surface area contributed by atoms with E-state index in [0.29, 0.717) is 0 Å². The molecular formula is C100H65N3O2. The summed E-state index contributed by atoms with van der Waals surface area (Å²) in [4.78, 5) is 2.35. The average molecular weight is 1340 g/mol. The monoisotopic (exact) mass is 1340 g/mol. The van der Waals surface area contributed by atoms with Crippen molar-refractivity contribution < 1.29 is 8.83 Å². The van der Waals surface area contributed by atoms with Crippen molar-refractivity contribution in [2.24, 2.45) is 0 Å². The van der Waals surface area contributed by atoms with Gasteiger partial charge in [-0.2, -0.15) is 0 Å². The van der Waals surface area contributed by atoms with Gasteiger partial charge in [-0.25, -0.2) is 0 Å². The van der Waals surface area contributed by atoms with Gasteiger partial charge in [0.2, 0.25) is 0 Å². The first-order valence-corrected chi connectivity index (χ1v) is 35.8. The Bertz CT molecular complexity index is 6850. The zero-order valence-electron chi connectivity index (χ0n) is 57.2. The Morgan fingerprint density at radius 3 is 1.04 bits per heavy atom. The van der Waals surface area contributed by atoms with Crippen LogP contribution in [0.4, 0.5) is 28.4 Å². The van der Waals surface area contributed by atoms with E-state index in [4.69, 9.17) is 8.83 Å². The second kappa shape index (κ2) is 25.6. The van der Waals surface area contributed by atoms with Crippen LogP contribution in [0, 0.1) is 0 Å². The molecule has 3 heterocycles. The minimum atomic E-state index is 0.902. The number of rotatable bonds is 11. The van der Waals surface area contributed by atoms with Crippen LogP contribution in [0.5, 0.6) is 0 Å². The molecule has 105 heavy (non-hydrogen) atoms. The molecule has 0 fully saturated rings. The fourth-order valence-corrected chi connectivity index (χ4v) is 15.9. The standard InChI is InChI=1S/C62H40N2O.C38H25NO/c1-2-13-50-42(12-1)24-25-46-40-45(32-39-51(46)50)41-26-33-47(34-27-41)63(49-37-30-44(31-38-49)53-18-11-19-57-56-17-6-10-23-61(56)65-62(53)57)48-35-28-43(29-36-48)52-14-3-7-20-58(52)64-59-21-8-4-15-54(59)55-16-5-9-22-60(55)64;1-2-7-32-26(6-1)12-13-29-24-28(18-23-33(29)32)25-14-19-30(20-15-25)39-31-21-16-27(17-22-31)34-9-5-10-36-35-8-3-4-11-37(35)40-38(34)36/h1-40H;1-24,39H. The summed E-state index contributed by atoms with van der Waals surface area (Å²) in [6.45, 7) is 0. The van der Waals surface area contributed by atoms with E-state index in [1.54, 1.807) is 0 Å². The summed E-state index contributed by atoms with van der Waals surface area (Å²) in [5, 5.41) is 20.8. The molecule has 21 aromatic rings. The van der Waals surface area contributed by atoms with E-state index in [1.807, 2.05) is 24.3 Å². The second-order valence-electron chi connectivity index (χ2n) is 27.1. The third-order valence-corrected chi connectivity index (χ3v) is 21.1. The Labute approximate surface area is 606 Å². The van der Waals surface area contributed by atoms with Crippen LogP contribution in [0.25, 0.3) is 170 Å². The van der Waals surface area contributed by atoms with Gasteiger partial charge in [-0.15, -0.1) is 0 Å². The van der Waals surface area contributed by atoms with Crippen LogP contribution in [-0.4, -0.2) is 4.57 Å². The van der Waals surface area contributed by atoms with E-state index >= 15 is 0 Å². The fourth-order valence-electron chi connectivity index (χ4n) is 15.9. The number of anilines is 5. The van der Waals surface area contributed by atoms with Gasteiger partial charge in [-0.3, -0.25) is 0 Å². The van der Waals surface area contributed by atoms with Crippen molar-refractivity contribution in [1.29, 1.82) is 0 Å². The van der Waals surface area contributed by atoms with E-state index in [2.05, 4.69) is 379 Å². The van der Waals surface area contributed by atoms with Gasteiger partial charge >= 0.3 is 0 Å². The minimum absolute atomic E-state index is 0.902. The first-order chi connectivity index (χ1) is 52.0. The van der Waals surface area contributed by atoms with Gasteiger partial charge in [0.1, 0.15) is 22.3 Å². The molecular weight excluding hydrogens is 1280 g/mol. The van der Waals surface area contributed by atoms with Crippen LogP contribution in [0.2, 0.25) is 0 Å². The van der Waals surface area contributed by atoms with Crippen LogP contribution >= 0.6 is 0 Å². The summed E-state index contributed by atoms with van der Waals surface area (Å²) in [6.07, 6.45) is 0.